The molecule has 0 atom stereocenters. The summed E-state index contributed by atoms with van der Waals surface area (Å²) >= 11 is 7.92. The maximum atomic E-state index is 12.9. The molecule has 0 aliphatic rings. The number of thioether (sulfide) groups is 1. The Kier molecular flexibility index (Phi) is 6.72. The van der Waals surface area contributed by atoms with Gasteiger partial charge in [-0.05, 0) is 42.3 Å². The van der Waals surface area contributed by atoms with Gasteiger partial charge in [0, 0.05) is 23.5 Å². The van der Waals surface area contributed by atoms with Crippen LogP contribution in [-0.4, -0.2) is 39.4 Å². The van der Waals surface area contributed by atoms with E-state index in [1.807, 2.05) is 60.5 Å². The van der Waals surface area contributed by atoms with Crippen LogP contribution >= 0.6 is 23.4 Å². The van der Waals surface area contributed by atoms with Crippen molar-refractivity contribution in [3.05, 3.63) is 69.6 Å². The Morgan fingerprint density at radius 1 is 1.16 bits per heavy atom. The summed E-state index contributed by atoms with van der Waals surface area (Å²) in [6, 6.07) is 15.2. The van der Waals surface area contributed by atoms with Gasteiger partial charge in [-0.2, -0.15) is 0 Å². The number of anilines is 2. The van der Waals surface area contributed by atoms with E-state index in [2.05, 4.69) is 11.9 Å². The first kappa shape index (κ1) is 22.2. The van der Waals surface area contributed by atoms with Gasteiger partial charge in [-0.1, -0.05) is 48.5 Å². The maximum absolute atomic E-state index is 12.9. The van der Waals surface area contributed by atoms with E-state index in [1.165, 1.54) is 0 Å². The van der Waals surface area contributed by atoms with Gasteiger partial charge in [0.1, 0.15) is 11.3 Å². The number of H-pyrrole nitrogens is 1. The smallest absolute Gasteiger partial charge is 0.328 e. The lowest BCUT2D eigenvalue weighted by Crippen LogP contribution is -2.18. The molecule has 2 heterocycles. The van der Waals surface area contributed by atoms with Crippen molar-refractivity contribution in [1.29, 1.82) is 0 Å². The summed E-state index contributed by atoms with van der Waals surface area (Å²) in [6.45, 7) is 2.43. The van der Waals surface area contributed by atoms with E-state index < -0.39 is 0 Å². The summed E-state index contributed by atoms with van der Waals surface area (Å²) in [5, 5.41) is 1.24. The van der Waals surface area contributed by atoms with Gasteiger partial charge in [0.25, 0.3) is 0 Å². The highest BCUT2D eigenvalue weighted by Crippen LogP contribution is 2.31. The van der Waals surface area contributed by atoms with Crippen LogP contribution in [0.3, 0.4) is 0 Å². The second-order valence-electron chi connectivity index (χ2n) is 7.24. The minimum atomic E-state index is -0.253. The van der Waals surface area contributed by atoms with Crippen molar-refractivity contribution in [2.75, 3.05) is 24.8 Å². The molecular weight excluding hydrogens is 446 g/mol. The van der Waals surface area contributed by atoms with Crippen molar-refractivity contribution in [2.24, 2.45) is 0 Å². The van der Waals surface area contributed by atoms with E-state index in [-0.39, 0.29) is 5.69 Å². The zero-order valence-corrected chi connectivity index (χ0v) is 19.7. The number of hydrogen-bond acceptors (Lipinski definition) is 6. The predicted octanol–water partition coefficient (Wildman–Crippen LogP) is 5.10. The number of benzene rings is 2. The third kappa shape index (κ3) is 4.47. The highest BCUT2D eigenvalue weighted by Gasteiger charge is 2.20. The molecule has 0 bridgehead atoms. The molecule has 9 heteroatoms. The van der Waals surface area contributed by atoms with E-state index in [4.69, 9.17) is 26.3 Å². The Morgan fingerprint density at radius 3 is 2.59 bits per heavy atom. The molecule has 0 unspecified atom stereocenters. The van der Waals surface area contributed by atoms with Crippen LogP contribution in [0.15, 0.2) is 58.5 Å². The van der Waals surface area contributed by atoms with Crippen LogP contribution in [0.4, 0.5) is 11.5 Å². The van der Waals surface area contributed by atoms with Gasteiger partial charge in [-0.15, -0.1) is 0 Å². The van der Waals surface area contributed by atoms with Gasteiger partial charge >= 0.3 is 5.69 Å². The number of fused-ring (bicyclic) bond motifs is 1. The van der Waals surface area contributed by atoms with Crippen LogP contribution in [0.5, 0.6) is 5.75 Å². The Morgan fingerprint density at radius 2 is 1.91 bits per heavy atom. The van der Waals surface area contributed by atoms with E-state index in [0.717, 1.165) is 29.2 Å². The number of halogens is 1. The number of aromatic amines is 1. The molecule has 0 aliphatic heterocycles. The topological polar surface area (TPSA) is 76.0 Å². The lowest BCUT2D eigenvalue weighted by atomic mass is 10.2. The van der Waals surface area contributed by atoms with Gasteiger partial charge in [-0.3, -0.25) is 4.57 Å². The Balaban J connectivity index is 1.84. The monoisotopic (exact) mass is 469 g/mol. The van der Waals surface area contributed by atoms with Gasteiger partial charge in [0.2, 0.25) is 0 Å². The first-order chi connectivity index (χ1) is 15.5. The number of ether oxygens (including phenoxy) is 1. The van der Waals surface area contributed by atoms with Crippen LogP contribution in [0.1, 0.15) is 18.9 Å². The first-order valence-electron chi connectivity index (χ1n) is 10.3. The van der Waals surface area contributed by atoms with Gasteiger partial charge in [-0.25, -0.2) is 14.8 Å². The number of hydrogen-bond donors (Lipinski definition) is 1. The summed E-state index contributed by atoms with van der Waals surface area (Å²) in [6.07, 6.45) is 0.995. The zero-order valence-electron chi connectivity index (χ0n) is 18.1. The standard InChI is InChI=1S/C23H24ClN5O2S/c1-4-13-32-22-26-20(28(2)16-9-11-17(31-3)12-10-16)19-21(27-22)29(23(30)25-19)14-15-7-5-6-8-18(15)24/h5-12H,4,13-14H2,1-3H3,(H,25,30). The van der Waals surface area contributed by atoms with Crippen LogP contribution in [-0.2, 0) is 6.54 Å². The first-order valence-corrected chi connectivity index (χ1v) is 11.6. The Bertz CT molecular complexity index is 1290. The normalized spacial score (nSPS) is 11.1. The summed E-state index contributed by atoms with van der Waals surface area (Å²) in [5.41, 5.74) is 2.65. The largest absolute Gasteiger partial charge is 0.497 e. The van der Waals surface area contributed by atoms with Gasteiger partial charge in [0.05, 0.1) is 13.7 Å². The van der Waals surface area contributed by atoms with Crippen molar-refractivity contribution in [1.82, 2.24) is 19.5 Å². The minimum absolute atomic E-state index is 0.253. The molecule has 7 nitrogen and oxygen atoms in total. The second kappa shape index (κ2) is 9.67. The number of imidazole rings is 1. The fourth-order valence-corrected chi connectivity index (χ4v) is 4.25. The van der Waals surface area contributed by atoms with Crippen molar-refractivity contribution in [2.45, 2.75) is 25.0 Å². The van der Waals surface area contributed by atoms with Crippen LogP contribution in [0, 0.1) is 0 Å². The molecule has 0 aliphatic carbocycles. The van der Waals surface area contributed by atoms with E-state index in [1.54, 1.807) is 23.4 Å². The molecular formula is C23H24ClN5O2S. The number of nitrogens with zero attached hydrogens (tertiary/aromatic N) is 4. The van der Waals surface area contributed by atoms with Crippen molar-refractivity contribution < 1.29 is 4.74 Å². The molecule has 4 rings (SSSR count). The second-order valence-corrected chi connectivity index (χ2v) is 8.71. The maximum Gasteiger partial charge on any atom is 0.328 e. The highest BCUT2D eigenvalue weighted by atomic mass is 35.5. The van der Waals surface area contributed by atoms with E-state index in [9.17, 15) is 4.79 Å². The SMILES string of the molecule is CCCSc1nc(N(C)c2ccc(OC)cc2)c2[nH]c(=O)n(Cc3ccccc3Cl)c2n1. The third-order valence-electron chi connectivity index (χ3n) is 5.08. The van der Waals surface area contributed by atoms with Crippen LogP contribution in [0.25, 0.3) is 11.2 Å². The molecule has 0 radical (unpaired) electrons. The quantitative estimate of drug-likeness (QED) is 0.286. The molecule has 0 fully saturated rings. The number of methoxy groups -OCH3 is 1. The molecule has 0 amide bonds. The fourth-order valence-electron chi connectivity index (χ4n) is 3.37. The molecule has 2 aromatic heterocycles. The minimum Gasteiger partial charge on any atom is -0.497 e. The average Bonchev–Trinajstić information content (AvgIpc) is 3.13. The van der Waals surface area contributed by atoms with Crippen LogP contribution < -0.4 is 15.3 Å². The lowest BCUT2D eigenvalue weighted by molar-refractivity contribution is 0.415. The average molecular weight is 470 g/mol. The van der Waals surface area contributed by atoms with Crippen molar-refractivity contribution in [3.63, 3.8) is 0 Å². The summed E-state index contributed by atoms with van der Waals surface area (Å²) < 4.78 is 6.88. The molecule has 0 saturated carbocycles. The third-order valence-corrected chi connectivity index (χ3v) is 6.50. The van der Waals surface area contributed by atoms with E-state index >= 15 is 0 Å². The molecule has 0 saturated heterocycles. The number of aromatic nitrogens is 4. The summed E-state index contributed by atoms with van der Waals surface area (Å²) in [4.78, 5) is 27.3. The Labute approximate surface area is 195 Å². The van der Waals surface area contributed by atoms with Gasteiger partial charge < -0.3 is 14.6 Å². The van der Waals surface area contributed by atoms with E-state index in [0.29, 0.717) is 33.7 Å². The molecule has 4 aromatic rings. The molecule has 32 heavy (non-hydrogen) atoms. The Hall–Kier alpha value is -2.97. The number of nitrogens with one attached hydrogen (secondary N) is 1. The summed E-state index contributed by atoms with van der Waals surface area (Å²) in [5.74, 6) is 2.29. The highest BCUT2D eigenvalue weighted by molar-refractivity contribution is 7.99. The lowest BCUT2D eigenvalue weighted by Gasteiger charge is -2.20. The molecule has 166 valence electrons. The number of rotatable bonds is 8. The van der Waals surface area contributed by atoms with Crippen molar-refractivity contribution >= 4 is 46.0 Å². The molecule has 2 aromatic carbocycles. The molecule has 1 N–H and O–H groups in total. The summed E-state index contributed by atoms with van der Waals surface area (Å²) in [7, 11) is 3.55. The van der Waals surface area contributed by atoms with Crippen LogP contribution in [0.2, 0.25) is 5.02 Å². The molecule has 0 spiro atoms. The van der Waals surface area contributed by atoms with Crippen molar-refractivity contribution in [3.8, 4) is 5.75 Å². The predicted molar refractivity (Wildman–Crippen MR) is 131 cm³/mol. The zero-order chi connectivity index (χ0) is 22.7. The van der Waals surface area contributed by atoms with Gasteiger partial charge in [0.15, 0.2) is 16.6 Å². The fraction of sp³-hybridized carbons (Fsp3) is 0.261.